The Morgan fingerprint density at radius 3 is 2.80 bits per heavy atom. The third kappa shape index (κ3) is 1.86. The van der Waals surface area contributed by atoms with Gasteiger partial charge < -0.3 is 10.5 Å². The van der Waals surface area contributed by atoms with Gasteiger partial charge in [-0.2, -0.15) is 0 Å². The number of hydrogen-bond donors (Lipinski definition) is 1. The van der Waals surface area contributed by atoms with Gasteiger partial charge in [-0.25, -0.2) is 0 Å². The van der Waals surface area contributed by atoms with Gasteiger partial charge in [0.2, 0.25) is 0 Å². The molecule has 82 valence electrons. The van der Waals surface area contributed by atoms with E-state index in [-0.39, 0.29) is 5.60 Å². The summed E-state index contributed by atoms with van der Waals surface area (Å²) in [5.74, 6) is 1.05. The van der Waals surface area contributed by atoms with Crippen LogP contribution in [0.2, 0.25) is 0 Å². The lowest BCUT2D eigenvalue weighted by atomic mass is 9.94. The third-order valence-electron chi connectivity index (χ3n) is 3.07. The molecule has 2 rings (SSSR count). The molecule has 1 aliphatic heterocycles. The van der Waals surface area contributed by atoms with Crippen molar-refractivity contribution >= 4 is 0 Å². The Kier molecular flexibility index (Phi) is 2.47. The van der Waals surface area contributed by atoms with Crippen LogP contribution in [0.25, 0.3) is 0 Å². The topological polar surface area (TPSA) is 35.2 Å². The van der Waals surface area contributed by atoms with E-state index in [0.29, 0.717) is 6.54 Å². The number of rotatable bonds is 2. The van der Waals surface area contributed by atoms with E-state index in [1.54, 1.807) is 0 Å². The third-order valence-corrected chi connectivity index (χ3v) is 3.07. The van der Waals surface area contributed by atoms with Gasteiger partial charge >= 0.3 is 0 Å². The van der Waals surface area contributed by atoms with Crippen molar-refractivity contribution < 1.29 is 4.74 Å². The highest BCUT2D eigenvalue weighted by Crippen LogP contribution is 2.37. The second-order valence-corrected chi connectivity index (χ2v) is 4.90. The van der Waals surface area contributed by atoms with Gasteiger partial charge in [0.15, 0.2) is 0 Å². The van der Waals surface area contributed by atoms with E-state index in [1.807, 2.05) is 0 Å². The van der Waals surface area contributed by atoms with Crippen molar-refractivity contribution in [2.24, 2.45) is 5.73 Å². The van der Waals surface area contributed by atoms with E-state index in [4.69, 9.17) is 10.5 Å². The first-order valence-corrected chi connectivity index (χ1v) is 5.54. The van der Waals surface area contributed by atoms with E-state index >= 15 is 0 Å². The molecular weight excluding hydrogens is 186 g/mol. The number of hydrogen-bond acceptors (Lipinski definition) is 2. The minimum atomic E-state index is -0.0472. The average molecular weight is 205 g/mol. The molecule has 0 atom stereocenters. The molecule has 0 spiro atoms. The summed E-state index contributed by atoms with van der Waals surface area (Å²) < 4.78 is 5.88. The first-order chi connectivity index (χ1) is 7.03. The van der Waals surface area contributed by atoms with E-state index in [2.05, 4.69) is 32.9 Å². The maximum Gasteiger partial charge on any atom is 0.123 e. The van der Waals surface area contributed by atoms with Crippen LogP contribution in [0.15, 0.2) is 12.1 Å². The monoisotopic (exact) mass is 205 g/mol. The van der Waals surface area contributed by atoms with Crippen LogP contribution in [0.3, 0.4) is 0 Å². The molecule has 0 aromatic heterocycles. The number of fused-ring (bicyclic) bond motifs is 1. The van der Waals surface area contributed by atoms with Crippen LogP contribution in [0, 0.1) is 6.92 Å². The fourth-order valence-electron chi connectivity index (χ4n) is 2.28. The Hall–Kier alpha value is -1.02. The van der Waals surface area contributed by atoms with Crippen molar-refractivity contribution in [2.75, 3.05) is 6.54 Å². The summed E-state index contributed by atoms with van der Waals surface area (Å²) in [7, 11) is 0. The molecule has 0 aliphatic carbocycles. The second kappa shape index (κ2) is 3.53. The van der Waals surface area contributed by atoms with E-state index < -0.39 is 0 Å². The molecule has 2 N–H and O–H groups in total. The summed E-state index contributed by atoms with van der Waals surface area (Å²) in [6.45, 7) is 7.16. The number of nitrogens with two attached hydrogens (primary N) is 1. The SMILES string of the molecule is Cc1c(CCN)ccc2c1CC(C)(C)O2. The normalized spacial score (nSPS) is 17.3. The Morgan fingerprint density at radius 2 is 2.13 bits per heavy atom. The summed E-state index contributed by atoms with van der Waals surface area (Å²) in [5.41, 5.74) is 9.64. The van der Waals surface area contributed by atoms with Crippen molar-refractivity contribution in [3.63, 3.8) is 0 Å². The molecule has 15 heavy (non-hydrogen) atoms. The highest BCUT2D eigenvalue weighted by molar-refractivity contribution is 5.48. The average Bonchev–Trinajstić information content (AvgIpc) is 2.46. The van der Waals surface area contributed by atoms with Crippen LogP contribution in [0.4, 0.5) is 0 Å². The molecule has 0 fully saturated rings. The molecular formula is C13H19NO. The van der Waals surface area contributed by atoms with Gasteiger partial charge in [-0.15, -0.1) is 0 Å². The smallest absolute Gasteiger partial charge is 0.123 e. The van der Waals surface area contributed by atoms with Gasteiger partial charge in [0.05, 0.1) is 0 Å². The maximum absolute atomic E-state index is 5.88. The maximum atomic E-state index is 5.88. The Bertz CT molecular complexity index is 382. The van der Waals surface area contributed by atoms with Gasteiger partial charge in [-0.3, -0.25) is 0 Å². The van der Waals surface area contributed by atoms with Crippen LogP contribution in [0.1, 0.15) is 30.5 Å². The molecule has 0 saturated heterocycles. The van der Waals surface area contributed by atoms with Crippen LogP contribution in [0.5, 0.6) is 5.75 Å². The van der Waals surface area contributed by atoms with Crippen molar-refractivity contribution in [3.05, 3.63) is 28.8 Å². The lowest BCUT2D eigenvalue weighted by Gasteiger charge is -2.16. The Morgan fingerprint density at radius 1 is 1.40 bits per heavy atom. The molecule has 0 saturated carbocycles. The molecule has 2 nitrogen and oxygen atoms in total. The van der Waals surface area contributed by atoms with E-state index in [9.17, 15) is 0 Å². The molecule has 0 bridgehead atoms. The summed E-state index contributed by atoms with van der Waals surface area (Å²) in [6, 6.07) is 4.23. The fraction of sp³-hybridized carbons (Fsp3) is 0.538. The predicted molar refractivity (Wildman–Crippen MR) is 62.3 cm³/mol. The molecule has 2 heteroatoms. The second-order valence-electron chi connectivity index (χ2n) is 4.90. The van der Waals surface area contributed by atoms with Crippen LogP contribution >= 0.6 is 0 Å². The van der Waals surface area contributed by atoms with Gasteiger partial charge in [0.1, 0.15) is 11.4 Å². The molecule has 1 aromatic carbocycles. The van der Waals surface area contributed by atoms with Crippen molar-refractivity contribution in [1.82, 2.24) is 0 Å². The summed E-state index contributed by atoms with van der Waals surface area (Å²) in [6.07, 6.45) is 1.96. The zero-order chi connectivity index (χ0) is 11.1. The quantitative estimate of drug-likeness (QED) is 0.803. The van der Waals surface area contributed by atoms with Gasteiger partial charge in [-0.1, -0.05) is 6.07 Å². The molecule has 1 heterocycles. The lowest BCUT2D eigenvalue weighted by Crippen LogP contribution is -2.24. The highest BCUT2D eigenvalue weighted by Gasteiger charge is 2.31. The summed E-state index contributed by atoms with van der Waals surface area (Å²) in [5, 5.41) is 0. The number of benzene rings is 1. The Balaban J connectivity index is 2.39. The fourth-order valence-corrected chi connectivity index (χ4v) is 2.28. The lowest BCUT2D eigenvalue weighted by molar-refractivity contribution is 0.138. The van der Waals surface area contributed by atoms with E-state index in [1.165, 1.54) is 16.7 Å². The van der Waals surface area contributed by atoms with Crippen LogP contribution < -0.4 is 10.5 Å². The van der Waals surface area contributed by atoms with Gasteiger partial charge in [0.25, 0.3) is 0 Å². The summed E-state index contributed by atoms with van der Waals surface area (Å²) in [4.78, 5) is 0. The van der Waals surface area contributed by atoms with Crippen LogP contribution in [-0.4, -0.2) is 12.1 Å². The van der Waals surface area contributed by atoms with Crippen molar-refractivity contribution in [3.8, 4) is 5.75 Å². The molecule has 0 radical (unpaired) electrons. The molecule has 1 aliphatic rings. The highest BCUT2D eigenvalue weighted by atomic mass is 16.5. The zero-order valence-electron chi connectivity index (χ0n) is 9.76. The van der Waals surface area contributed by atoms with Crippen LogP contribution in [-0.2, 0) is 12.8 Å². The Labute approximate surface area is 91.4 Å². The first-order valence-electron chi connectivity index (χ1n) is 5.54. The van der Waals surface area contributed by atoms with Gasteiger partial charge in [-0.05, 0) is 50.9 Å². The molecule has 1 aromatic rings. The zero-order valence-corrected chi connectivity index (χ0v) is 9.76. The largest absolute Gasteiger partial charge is 0.487 e. The molecule has 0 unspecified atom stereocenters. The van der Waals surface area contributed by atoms with Crippen molar-refractivity contribution in [2.45, 2.75) is 39.2 Å². The predicted octanol–water partition coefficient (Wildman–Crippen LogP) is 2.21. The summed E-state index contributed by atoms with van der Waals surface area (Å²) >= 11 is 0. The first kappa shape index (κ1) is 10.5. The van der Waals surface area contributed by atoms with Crippen molar-refractivity contribution in [1.29, 1.82) is 0 Å². The minimum absolute atomic E-state index is 0.0472. The molecule has 0 amide bonds. The minimum Gasteiger partial charge on any atom is -0.487 e. The van der Waals surface area contributed by atoms with E-state index in [0.717, 1.165) is 18.6 Å². The standard InChI is InChI=1S/C13H19NO/c1-9-10(6-7-14)4-5-12-11(9)8-13(2,3)15-12/h4-5H,6-8,14H2,1-3H3. The number of ether oxygens (including phenoxy) is 1. The van der Waals surface area contributed by atoms with Gasteiger partial charge in [0, 0.05) is 12.0 Å².